The molecule has 5 heteroatoms. The van der Waals surface area contributed by atoms with Gasteiger partial charge in [-0.15, -0.1) is 0 Å². The maximum atomic E-state index is 12.5. The summed E-state index contributed by atoms with van der Waals surface area (Å²) in [5.74, 6) is -1.52. The van der Waals surface area contributed by atoms with Gasteiger partial charge in [-0.1, -0.05) is 6.42 Å². The molecule has 0 aliphatic heterocycles. The van der Waals surface area contributed by atoms with Gasteiger partial charge < -0.3 is 9.84 Å². The Morgan fingerprint density at radius 1 is 1.40 bits per heavy atom. The van der Waals surface area contributed by atoms with E-state index in [0.29, 0.717) is 12.8 Å². The molecule has 1 fully saturated rings. The zero-order valence-electron chi connectivity index (χ0n) is 8.76. The van der Waals surface area contributed by atoms with Crippen LogP contribution in [0.5, 0.6) is 0 Å². The van der Waals surface area contributed by atoms with Gasteiger partial charge in [0.2, 0.25) is 0 Å². The van der Waals surface area contributed by atoms with E-state index in [9.17, 15) is 18.3 Å². The fourth-order valence-corrected chi connectivity index (χ4v) is 2.18. The third-order valence-electron chi connectivity index (χ3n) is 3.06. The van der Waals surface area contributed by atoms with Crippen molar-refractivity contribution in [1.29, 1.82) is 0 Å². The Morgan fingerprint density at radius 2 is 2.07 bits per heavy atom. The van der Waals surface area contributed by atoms with E-state index in [-0.39, 0.29) is 25.4 Å². The molecule has 0 heterocycles. The minimum absolute atomic E-state index is 0.0357. The summed E-state index contributed by atoms with van der Waals surface area (Å²) in [6.45, 7) is 0.120. The minimum atomic E-state index is -4.12. The van der Waals surface area contributed by atoms with Crippen LogP contribution >= 0.6 is 0 Å². The summed E-state index contributed by atoms with van der Waals surface area (Å²) in [6.07, 6.45) is -3.45. The summed E-state index contributed by atoms with van der Waals surface area (Å²) >= 11 is 0. The lowest BCUT2D eigenvalue weighted by Crippen LogP contribution is -2.35. The van der Waals surface area contributed by atoms with Crippen LogP contribution < -0.4 is 0 Å². The first-order valence-electron chi connectivity index (χ1n) is 5.19. The van der Waals surface area contributed by atoms with Crippen LogP contribution in [0.2, 0.25) is 0 Å². The molecule has 1 N–H and O–H groups in total. The number of ether oxygens (including phenoxy) is 1. The van der Waals surface area contributed by atoms with Gasteiger partial charge in [0.25, 0.3) is 0 Å². The van der Waals surface area contributed by atoms with Crippen LogP contribution in [0.3, 0.4) is 0 Å². The number of halogens is 3. The number of alkyl halides is 3. The van der Waals surface area contributed by atoms with Gasteiger partial charge in [-0.2, -0.15) is 13.2 Å². The van der Waals surface area contributed by atoms with Crippen molar-refractivity contribution in [3.8, 4) is 0 Å². The molecular weight excluding hydrogens is 209 g/mol. The van der Waals surface area contributed by atoms with Gasteiger partial charge in [0.1, 0.15) is 0 Å². The molecule has 1 aliphatic rings. The van der Waals surface area contributed by atoms with E-state index in [2.05, 4.69) is 0 Å². The first kappa shape index (κ1) is 12.8. The Hall–Kier alpha value is -0.290. The van der Waals surface area contributed by atoms with Crippen LogP contribution in [0.1, 0.15) is 25.7 Å². The molecule has 90 valence electrons. The molecule has 3 unspecified atom stereocenters. The molecule has 0 saturated heterocycles. The highest BCUT2D eigenvalue weighted by Gasteiger charge is 2.43. The standard InChI is InChI=1S/C10H17F3O2/c1-15-6-9(14)7-3-2-4-8(5-7)10(11,12)13/h7-9,14H,2-6H2,1H3. The van der Waals surface area contributed by atoms with Crippen molar-refractivity contribution in [2.45, 2.75) is 38.0 Å². The highest BCUT2D eigenvalue weighted by Crippen LogP contribution is 2.40. The van der Waals surface area contributed by atoms with E-state index >= 15 is 0 Å². The Morgan fingerprint density at radius 3 is 2.60 bits per heavy atom. The minimum Gasteiger partial charge on any atom is -0.390 e. The SMILES string of the molecule is COCC(O)C1CCCC(C(F)(F)F)C1. The van der Waals surface area contributed by atoms with E-state index in [1.165, 1.54) is 7.11 Å². The molecule has 0 spiro atoms. The fourth-order valence-electron chi connectivity index (χ4n) is 2.18. The Balaban J connectivity index is 2.48. The quantitative estimate of drug-likeness (QED) is 0.800. The van der Waals surface area contributed by atoms with Crippen molar-refractivity contribution in [2.75, 3.05) is 13.7 Å². The number of aliphatic hydroxyl groups excluding tert-OH is 1. The molecule has 1 aliphatic carbocycles. The van der Waals surface area contributed by atoms with Crippen LogP contribution in [0.15, 0.2) is 0 Å². The third-order valence-corrected chi connectivity index (χ3v) is 3.06. The lowest BCUT2D eigenvalue weighted by molar-refractivity contribution is -0.189. The van der Waals surface area contributed by atoms with Gasteiger partial charge in [-0.3, -0.25) is 0 Å². The van der Waals surface area contributed by atoms with E-state index in [0.717, 1.165) is 0 Å². The molecule has 1 rings (SSSR count). The maximum Gasteiger partial charge on any atom is 0.391 e. The maximum absolute atomic E-state index is 12.5. The molecule has 0 radical (unpaired) electrons. The Bertz CT molecular complexity index is 194. The van der Waals surface area contributed by atoms with Crippen molar-refractivity contribution in [2.24, 2.45) is 11.8 Å². The highest BCUT2D eigenvalue weighted by molar-refractivity contribution is 4.81. The second-order valence-corrected chi connectivity index (χ2v) is 4.19. The summed E-state index contributed by atoms with van der Waals surface area (Å²) in [5, 5.41) is 9.57. The molecule has 0 aromatic heterocycles. The molecule has 0 bridgehead atoms. The second kappa shape index (κ2) is 5.16. The van der Waals surface area contributed by atoms with E-state index in [1.807, 2.05) is 0 Å². The van der Waals surface area contributed by atoms with Gasteiger partial charge in [0, 0.05) is 7.11 Å². The lowest BCUT2D eigenvalue weighted by Gasteiger charge is -2.32. The van der Waals surface area contributed by atoms with Crippen molar-refractivity contribution in [3.05, 3.63) is 0 Å². The van der Waals surface area contributed by atoms with Crippen LogP contribution in [-0.2, 0) is 4.74 Å². The van der Waals surface area contributed by atoms with Crippen molar-refractivity contribution < 1.29 is 23.0 Å². The van der Waals surface area contributed by atoms with Crippen molar-refractivity contribution in [3.63, 3.8) is 0 Å². The van der Waals surface area contributed by atoms with Gasteiger partial charge in [0.15, 0.2) is 0 Å². The first-order chi connectivity index (χ1) is 6.95. The first-order valence-corrected chi connectivity index (χ1v) is 5.19. The third kappa shape index (κ3) is 3.65. The highest BCUT2D eigenvalue weighted by atomic mass is 19.4. The Kier molecular flexibility index (Phi) is 4.40. The summed E-state index contributed by atoms with van der Waals surface area (Å²) in [6, 6.07) is 0. The van der Waals surface area contributed by atoms with Gasteiger partial charge in [-0.05, 0) is 25.2 Å². The van der Waals surface area contributed by atoms with Crippen molar-refractivity contribution >= 4 is 0 Å². The van der Waals surface area contributed by atoms with Crippen LogP contribution in [0.25, 0.3) is 0 Å². The molecule has 2 nitrogen and oxygen atoms in total. The lowest BCUT2D eigenvalue weighted by atomic mass is 9.78. The van der Waals surface area contributed by atoms with Gasteiger partial charge >= 0.3 is 6.18 Å². The zero-order chi connectivity index (χ0) is 11.5. The zero-order valence-corrected chi connectivity index (χ0v) is 8.76. The predicted octanol–water partition coefficient (Wildman–Crippen LogP) is 2.36. The topological polar surface area (TPSA) is 29.5 Å². The second-order valence-electron chi connectivity index (χ2n) is 4.19. The summed E-state index contributed by atoms with van der Waals surface area (Å²) in [7, 11) is 1.44. The van der Waals surface area contributed by atoms with Crippen LogP contribution in [0.4, 0.5) is 13.2 Å². The predicted molar refractivity (Wildman–Crippen MR) is 49.4 cm³/mol. The monoisotopic (exact) mass is 226 g/mol. The number of aliphatic hydroxyl groups is 1. The normalized spacial score (nSPS) is 30.2. The molecular formula is C10H17F3O2. The van der Waals surface area contributed by atoms with Gasteiger partial charge in [-0.25, -0.2) is 0 Å². The average molecular weight is 226 g/mol. The van der Waals surface area contributed by atoms with E-state index in [1.54, 1.807) is 0 Å². The molecule has 15 heavy (non-hydrogen) atoms. The molecule has 0 amide bonds. The van der Waals surface area contributed by atoms with E-state index in [4.69, 9.17) is 4.74 Å². The smallest absolute Gasteiger partial charge is 0.390 e. The number of methoxy groups -OCH3 is 1. The number of hydrogen-bond acceptors (Lipinski definition) is 2. The van der Waals surface area contributed by atoms with Crippen molar-refractivity contribution in [1.82, 2.24) is 0 Å². The molecule has 0 aromatic carbocycles. The van der Waals surface area contributed by atoms with E-state index < -0.39 is 18.2 Å². The van der Waals surface area contributed by atoms with Gasteiger partial charge in [0.05, 0.1) is 18.6 Å². The summed E-state index contributed by atoms with van der Waals surface area (Å²) in [5.41, 5.74) is 0. The molecule has 3 atom stereocenters. The fraction of sp³-hybridized carbons (Fsp3) is 1.00. The largest absolute Gasteiger partial charge is 0.391 e. The summed E-state index contributed by atoms with van der Waals surface area (Å²) < 4.78 is 42.1. The number of hydrogen-bond donors (Lipinski definition) is 1. The average Bonchev–Trinajstić information content (AvgIpc) is 2.17. The molecule has 1 saturated carbocycles. The van der Waals surface area contributed by atoms with Crippen LogP contribution in [0, 0.1) is 11.8 Å². The van der Waals surface area contributed by atoms with Crippen LogP contribution in [-0.4, -0.2) is 31.1 Å². The molecule has 0 aromatic rings. The summed E-state index contributed by atoms with van der Waals surface area (Å²) in [4.78, 5) is 0. The Labute approximate surface area is 87.4 Å². The number of rotatable bonds is 3.